The minimum absolute atomic E-state index is 0.145. The van der Waals surface area contributed by atoms with Gasteiger partial charge >= 0.3 is 0 Å². The highest BCUT2D eigenvalue weighted by Crippen LogP contribution is 2.42. The number of piperazine rings is 1. The molecule has 17 heteroatoms. The van der Waals surface area contributed by atoms with Crippen molar-refractivity contribution in [3.8, 4) is 27.6 Å². The van der Waals surface area contributed by atoms with Crippen LogP contribution in [0.2, 0.25) is 0 Å². The molecule has 2 saturated heterocycles. The fourth-order valence-electron chi connectivity index (χ4n) is 7.16. The van der Waals surface area contributed by atoms with E-state index in [4.69, 9.17) is 19.4 Å². The number of nitrogens with zero attached hydrogens (tertiary/aromatic N) is 5. The van der Waals surface area contributed by atoms with Gasteiger partial charge in [0.05, 0.1) is 45.6 Å². The molecule has 0 radical (unpaired) electrons. The van der Waals surface area contributed by atoms with E-state index in [1.807, 2.05) is 25.1 Å². The first-order chi connectivity index (χ1) is 27.3. The van der Waals surface area contributed by atoms with E-state index in [1.54, 1.807) is 37.6 Å². The number of sulfone groups is 2. The Morgan fingerprint density at radius 2 is 1.67 bits per heavy atom. The van der Waals surface area contributed by atoms with Crippen LogP contribution < -0.4 is 15.0 Å². The zero-order chi connectivity index (χ0) is 40.3. The first-order valence-electron chi connectivity index (χ1n) is 18.6. The Morgan fingerprint density at radius 3 is 2.37 bits per heavy atom. The summed E-state index contributed by atoms with van der Waals surface area (Å²) in [4.78, 5) is 18.8. The molecule has 2 aliphatic heterocycles. The molecule has 12 nitrogen and oxygen atoms in total. The Bertz CT molecular complexity index is 2450. The number of hydrogen-bond donors (Lipinski definition) is 1. The molecule has 0 aliphatic carbocycles. The number of methoxy groups -OCH3 is 1. The molecule has 0 bridgehead atoms. The molecule has 0 amide bonds. The maximum Gasteiger partial charge on any atom is 0.227 e. The highest BCUT2D eigenvalue weighted by molar-refractivity contribution is 7.91. The summed E-state index contributed by atoms with van der Waals surface area (Å²) in [6, 6.07) is 15.6. The Morgan fingerprint density at radius 1 is 0.947 bits per heavy atom. The fraction of sp³-hybridized carbons (Fsp3) is 0.375. The monoisotopic (exact) mass is 838 g/mol. The van der Waals surface area contributed by atoms with E-state index < -0.39 is 42.0 Å². The van der Waals surface area contributed by atoms with Crippen molar-refractivity contribution < 1.29 is 35.1 Å². The highest BCUT2D eigenvalue weighted by Gasteiger charge is 2.27. The summed E-state index contributed by atoms with van der Waals surface area (Å²) in [7, 11) is -5.77. The van der Waals surface area contributed by atoms with Crippen LogP contribution in [0.25, 0.3) is 21.8 Å². The van der Waals surface area contributed by atoms with Crippen molar-refractivity contribution in [3.63, 3.8) is 0 Å². The fourth-order valence-corrected chi connectivity index (χ4v) is 10.5. The average molecular weight is 839 g/mol. The molecule has 0 spiro atoms. The van der Waals surface area contributed by atoms with Crippen molar-refractivity contribution >= 4 is 48.3 Å². The molecule has 57 heavy (non-hydrogen) atoms. The molecule has 2 aliphatic rings. The summed E-state index contributed by atoms with van der Waals surface area (Å²) >= 11 is 1.52. The van der Waals surface area contributed by atoms with E-state index in [0.29, 0.717) is 59.7 Å². The van der Waals surface area contributed by atoms with Crippen molar-refractivity contribution in [2.75, 3.05) is 75.3 Å². The molecule has 0 saturated carbocycles. The van der Waals surface area contributed by atoms with Crippen LogP contribution in [-0.4, -0.2) is 102 Å². The lowest BCUT2D eigenvalue weighted by molar-refractivity contribution is 0.0853. The molecule has 5 aromatic rings. The van der Waals surface area contributed by atoms with E-state index in [-0.39, 0.29) is 11.7 Å². The number of anilines is 3. The van der Waals surface area contributed by atoms with E-state index in [0.717, 1.165) is 78.4 Å². The van der Waals surface area contributed by atoms with Gasteiger partial charge in [0.15, 0.2) is 9.84 Å². The molecule has 7 rings (SSSR count). The third kappa shape index (κ3) is 9.60. The van der Waals surface area contributed by atoms with Gasteiger partial charge in [-0.15, -0.1) is 11.3 Å². The highest BCUT2D eigenvalue weighted by atomic mass is 32.2. The van der Waals surface area contributed by atoms with Crippen LogP contribution in [0.4, 0.5) is 26.1 Å². The van der Waals surface area contributed by atoms with E-state index in [1.165, 1.54) is 17.6 Å². The van der Waals surface area contributed by atoms with Gasteiger partial charge in [-0.05, 0) is 61.2 Å². The third-order valence-electron chi connectivity index (χ3n) is 10.1. The van der Waals surface area contributed by atoms with Gasteiger partial charge in [-0.1, -0.05) is 24.3 Å². The van der Waals surface area contributed by atoms with E-state index in [9.17, 15) is 25.6 Å². The van der Waals surface area contributed by atoms with Crippen LogP contribution in [0.15, 0.2) is 71.8 Å². The second-order valence-corrected chi connectivity index (χ2v) is 19.5. The largest absolute Gasteiger partial charge is 0.494 e. The molecule has 302 valence electrons. The first-order valence-corrected chi connectivity index (χ1v) is 23.1. The van der Waals surface area contributed by atoms with Crippen molar-refractivity contribution in [1.82, 2.24) is 19.9 Å². The van der Waals surface area contributed by atoms with Crippen LogP contribution in [-0.2, 0) is 30.2 Å². The van der Waals surface area contributed by atoms with E-state index in [2.05, 4.69) is 20.1 Å². The number of aromatic nitrogens is 3. The van der Waals surface area contributed by atoms with Gasteiger partial charge in [-0.3, -0.25) is 4.90 Å². The van der Waals surface area contributed by atoms with Gasteiger partial charge < -0.3 is 19.7 Å². The lowest BCUT2D eigenvalue weighted by Gasteiger charge is -2.37. The van der Waals surface area contributed by atoms with Gasteiger partial charge in [0.25, 0.3) is 0 Å². The Balaban J connectivity index is 1.16. The molecular formula is C40H44F2N6O6S3. The number of halogens is 2. The molecule has 2 fully saturated rings. The molecule has 0 atom stereocenters. The number of nitrogens with one attached hydrogen (secondary N) is 1. The summed E-state index contributed by atoms with van der Waals surface area (Å²) < 4.78 is 90.3. The smallest absolute Gasteiger partial charge is 0.227 e. The predicted molar refractivity (Wildman–Crippen MR) is 218 cm³/mol. The van der Waals surface area contributed by atoms with Gasteiger partial charge in [-0.25, -0.2) is 40.6 Å². The van der Waals surface area contributed by atoms with Crippen molar-refractivity contribution in [2.45, 2.75) is 36.3 Å². The quantitative estimate of drug-likeness (QED) is 0.136. The molecule has 2 aromatic heterocycles. The first kappa shape index (κ1) is 40.6. The summed E-state index contributed by atoms with van der Waals surface area (Å²) in [6.07, 6.45) is 4.54. The SMILES string of the molecule is COc1cc(N2CCN(CCS(C)(=O)=O)CC2)c(C)cc1Nc1nccc(-c2sc(C3CCOCC3)nc2-c2cccc(CS(=O)(=O)c3c(F)cccc3F)c2)n1. The van der Waals surface area contributed by atoms with Gasteiger partial charge in [0.1, 0.15) is 32.1 Å². The maximum absolute atomic E-state index is 14.5. The second kappa shape index (κ2) is 17.1. The topological polar surface area (TPSA) is 144 Å². The second-order valence-electron chi connectivity index (χ2n) is 14.3. The Hall–Kier alpha value is -4.55. The summed E-state index contributed by atoms with van der Waals surface area (Å²) in [6.45, 7) is 6.81. The number of aryl methyl sites for hydroxylation is 1. The normalized spacial score (nSPS) is 15.8. The van der Waals surface area contributed by atoms with Gasteiger partial charge in [0.2, 0.25) is 5.95 Å². The van der Waals surface area contributed by atoms with Gasteiger partial charge in [-0.2, -0.15) is 0 Å². The third-order valence-corrected chi connectivity index (χ3v) is 14.0. The number of ether oxygens (including phenoxy) is 2. The van der Waals surface area contributed by atoms with Gasteiger partial charge in [0, 0.05) is 81.6 Å². The maximum atomic E-state index is 14.5. The Kier molecular flexibility index (Phi) is 12.2. The van der Waals surface area contributed by atoms with Crippen molar-refractivity contribution in [1.29, 1.82) is 0 Å². The predicted octanol–water partition coefficient (Wildman–Crippen LogP) is 6.64. The van der Waals surface area contributed by atoms with E-state index >= 15 is 0 Å². The molecular weight excluding hydrogens is 795 g/mol. The number of thiazole rings is 1. The van der Waals surface area contributed by atoms with Crippen LogP contribution >= 0.6 is 11.3 Å². The minimum Gasteiger partial charge on any atom is -0.494 e. The lowest BCUT2D eigenvalue weighted by atomic mass is 10.0. The molecule has 3 aromatic carbocycles. The lowest BCUT2D eigenvalue weighted by Crippen LogP contribution is -2.47. The van der Waals surface area contributed by atoms with Crippen molar-refractivity contribution in [2.24, 2.45) is 0 Å². The van der Waals surface area contributed by atoms with Crippen LogP contribution in [0, 0.1) is 18.6 Å². The zero-order valence-corrected chi connectivity index (χ0v) is 34.3. The molecule has 1 N–H and O–H groups in total. The molecule has 4 heterocycles. The summed E-state index contributed by atoms with van der Waals surface area (Å²) in [5, 5.41) is 4.25. The van der Waals surface area contributed by atoms with Crippen LogP contribution in [0.3, 0.4) is 0 Å². The number of rotatable bonds is 13. The van der Waals surface area contributed by atoms with Crippen LogP contribution in [0.1, 0.15) is 34.9 Å². The number of benzene rings is 3. The zero-order valence-electron chi connectivity index (χ0n) is 31.9. The Labute approximate surface area is 335 Å². The standard InChI is InChI=1S/C40H44F2N6O6S3/c1-26-22-33(35(53-2)24-34(26)48-16-14-47(15-17-48)18-21-56(3,49)50)45-40-43-13-10-32(44-40)37-36(46-39(55-37)28-11-19-54-20-12-28)29-7-4-6-27(23-29)25-57(51,52)38-30(41)8-5-9-31(38)42/h4-10,13,22-24,28H,11-12,14-21,25H2,1-3H3,(H,43,44,45). The summed E-state index contributed by atoms with van der Waals surface area (Å²) in [5.74, 6) is -1.62. The molecule has 0 unspecified atom stereocenters. The van der Waals surface area contributed by atoms with Crippen LogP contribution in [0.5, 0.6) is 5.75 Å². The van der Waals surface area contributed by atoms with Crippen molar-refractivity contribution in [3.05, 3.63) is 94.6 Å². The average Bonchev–Trinajstić information content (AvgIpc) is 3.63. The summed E-state index contributed by atoms with van der Waals surface area (Å²) in [5.41, 5.74) is 4.92. The number of hydrogen-bond acceptors (Lipinski definition) is 13. The minimum atomic E-state index is -4.35.